The lowest BCUT2D eigenvalue weighted by Crippen LogP contribution is -2.43. The molecule has 0 saturated carbocycles. The SMILES string of the molecule is CCN(CC)C(=O)NCC(c1ccc(C)cc1)N(C)C. The predicted molar refractivity (Wildman–Crippen MR) is 83.9 cm³/mol. The van der Waals surface area contributed by atoms with Crippen LogP contribution in [0.15, 0.2) is 24.3 Å². The summed E-state index contributed by atoms with van der Waals surface area (Å²) >= 11 is 0. The van der Waals surface area contributed by atoms with E-state index in [0.717, 1.165) is 13.1 Å². The molecule has 112 valence electrons. The molecule has 1 aromatic carbocycles. The Bertz CT molecular complexity index is 410. The summed E-state index contributed by atoms with van der Waals surface area (Å²) < 4.78 is 0. The number of carbonyl (C=O) groups excluding carboxylic acids is 1. The van der Waals surface area contributed by atoms with Gasteiger partial charge in [-0.05, 0) is 40.4 Å². The molecule has 0 spiro atoms. The van der Waals surface area contributed by atoms with Crippen molar-refractivity contribution in [2.24, 2.45) is 0 Å². The minimum Gasteiger partial charge on any atom is -0.336 e. The van der Waals surface area contributed by atoms with Crippen LogP contribution in [0.4, 0.5) is 4.79 Å². The van der Waals surface area contributed by atoms with Crippen molar-refractivity contribution in [1.82, 2.24) is 15.1 Å². The molecule has 0 fully saturated rings. The Hall–Kier alpha value is -1.55. The number of aryl methyl sites for hydroxylation is 1. The Labute approximate surface area is 122 Å². The summed E-state index contributed by atoms with van der Waals surface area (Å²) in [4.78, 5) is 15.9. The number of urea groups is 1. The molecule has 1 aromatic rings. The molecule has 0 aliphatic rings. The number of carbonyl (C=O) groups is 1. The number of likely N-dealkylation sites (N-methyl/N-ethyl adjacent to an activating group) is 1. The van der Waals surface area contributed by atoms with E-state index in [4.69, 9.17) is 0 Å². The van der Waals surface area contributed by atoms with Gasteiger partial charge in [0.05, 0.1) is 6.04 Å². The first-order chi connectivity index (χ1) is 9.49. The van der Waals surface area contributed by atoms with Crippen LogP contribution < -0.4 is 5.32 Å². The van der Waals surface area contributed by atoms with Gasteiger partial charge in [0.25, 0.3) is 0 Å². The molecule has 0 aromatic heterocycles. The molecule has 20 heavy (non-hydrogen) atoms. The van der Waals surface area contributed by atoms with E-state index in [0.29, 0.717) is 6.54 Å². The van der Waals surface area contributed by atoms with Crippen molar-refractivity contribution in [2.75, 3.05) is 33.7 Å². The summed E-state index contributed by atoms with van der Waals surface area (Å²) in [5.41, 5.74) is 2.47. The zero-order chi connectivity index (χ0) is 15.1. The smallest absolute Gasteiger partial charge is 0.317 e. The molecular weight excluding hydrogens is 250 g/mol. The van der Waals surface area contributed by atoms with E-state index in [1.165, 1.54) is 11.1 Å². The molecular formula is C16H27N3O. The molecule has 0 heterocycles. The van der Waals surface area contributed by atoms with Crippen molar-refractivity contribution >= 4 is 6.03 Å². The number of nitrogens with one attached hydrogen (secondary N) is 1. The van der Waals surface area contributed by atoms with Gasteiger partial charge in [0.2, 0.25) is 0 Å². The number of benzene rings is 1. The van der Waals surface area contributed by atoms with Crippen LogP contribution >= 0.6 is 0 Å². The number of amides is 2. The molecule has 0 saturated heterocycles. The quantitative estimate of drug-likeness (QED) is 0.867. The summed E-state index contributed by atoms with van der Waals surface area (Å²) in [5, 5.41) is 3.02. The van der Waals surface area contributed by atoms with Crippen molar-refractivity contribution < 1.29 is 4.79 Å². The number of hydrogen-bond donors (Lipinski definition) is 1. The maximum absolute atomic E-state index is 12.0. The van der Waals surface area contributed by atoms with Crippen molar-refractivity contribution in [1.29, 1.82) is 0 Å². The van der Waals surface area contributed by atoms with Crippen molar-refractivity contribution in [2.45, 2.75) is 26.8 Å². The second-order valence-electron chi connectivity index (χ2n) is 5.25. The van der Waals surface area contributed by atoms with Crippen molar-refractivity contribution in [3.05, 3.63) is 35.4 Å². The minimum absolute atomic E-state index is 0.00830. The minimum atomic E-state index is 0.00830. The van der Waals surface area contributed by atoms with E-state index in [-0.39, 0.29) is 12.1 Å². The Morgan fingerprint density at radius 2 is 1.70 bits per heavy atom. The average molecular weight is 277 g/mol. The molecule has 0 aliphatic carbocycles. The molecule has 0 radical (unpaired) electrons. The average Bonchev–Trinajstić information content (AvgIpc) is 2.42. The standard InChI is InChI=1S/C16H27N3O/c1-6-19(7-2)16(20)17-12-15(18(4)5)14-10-8-13(3)9-11-14/h8-11,15H,6-7,12H2,1-5H3,(H,17,20). The molecule has 0 bridgehead atoms. The Kier molecular flexibility index (Phi) is 6.52. The van der Waals surface area contributed by atoms with Crippen LogP contribution in [-0.2, 0) is 0 Å². The summed E-state index contributed by atoms with van der Waals surface area (Å²) in [5.74, 6) is 0. The molecule has 0 aliphatic heterocycles. The van der Waals surface area contributed by atoms with E-state index >= 15 is 0 Å². The van der Waals surface area contributed by atoms with Gasteiger partial charge in [-0.1, -0.05) is 29.8 Å². The van der Waals surface area contributed by atoms with Gasteiger partial charge in [-0.2, -0.15) is 0 Å². The van der Waals surface area contributed by atoms with Gasteiger partial charge in [-0.3, -0.25) is 0 Å². The van der Waals surface area contributed by atoms with E-state index in [9.17, 15) is 4.79 Å². The number of nitrogens with zero attached hydrogens (tertiary/aromatic N) is 2. The van der Waals surface area contributed by atoms with Gasteiger partial charge < -0.3 is 15.1 Å². The lowest BCUT2D eigenvalue weighted by atomic mass is 10.0. The van der Waals surface area contributed by atoms with Gasteiger partial charge in [0.15, 0.2) is 0 Å². The summed E-state index contributed by atoms with van der Waals surface area (Å²) in [7, 11) is 4.07. The third-order valence-electron chi connectivity index (χ3n) is 3.58. The lowest BCUT2D eigenvalue weighted by Gasteiger charge is -2.27. The highest BCUT2D eigenvalue weighted by Crippen LogP contribution is 2.17. The highest BCUT2D eigenvalue weighted by molar-refractivity contribution is 5.74. The number of hydrogen-bond acceptors (Lipinski definition) is 2. The topological polar surface area (TPSA) is 35.6 Å². The lowest BCUT2D eigenvalue weighted by molar-refractivity contribution is 0.197. The first kappa shape index (κ1) is 16.5. The van der Waals surface area contributed by atoms with Crippen LogP contribution in [0, 0.1) is 6.92 Å². The predicted octanol–water partition coefficient (Wildman–Crippen LogP) is 2.65. The summed E-state index contributed by atoms with van der Waals surface area (Å²) in [6.45, 7) is 8.15. The fraction of sp³-hybridized carbons (Fsp3) is 0.562. The van der Waals surface area contributed by atoms with E-state index in [1.807, 2.05) is 27.9 Å². The monoisotopic (exact) mass is 277 g/mol. The van der Waals surface area contributed by atoms with Crippen LogP contribution in [0.5, 0.6) is 0 Å². The van der Waals surface area contributed by atoms with Gasteiger partial charge in [-0.25, -0.2) is 4.79 Å². The van der Waals surface area contributed by atoms with Gasteiger partial charge >= 0.3 is 6.03 Å². The first-order valence-corrected chi connectivity index (χ1v) is 7.25. The van der Waals surface area contributed by atoms with Crippen LogP contribution in [0.1, 0.15) is 31.0 Å². The van der Waals surface area contributed by atoms with Gasteiger partial charge in [-0.15, -0.1) is 0 Å². The largest absolute Gasteiger partial charge is 0.336 e. The Balaban J connectivity index is 2.69. The maximum Gasteiger partial charge on any atom is 0.317 e. The normalized spacial score (nSPS) is 12.3. The molecule has 1 unspecified atom stereocenters. The molecule has 4 nitrogen and oxygen atoms in total. The van der Waals surface area contributed by atoms with Crippen molar-refractivity contribution in [3.8, 4) is 0 Å². The Morgan fingerprint density at radius 1 is 1.15 bits per heavy atom. The summed E-state index contributed by atoms with van der Waals surface area (Å²) in [6.07, 6.45) is 0. The van der Waals surface area contributed by atoms with Crippen LogP contribution in [0.25, 0.3) is 0 Å². The molecule has 1 atom stereocenters. The van der Waals surface area contributed by atoms with E-state index < -0.39 is 0 Å². The zero-order valence-electron chi connectivity index (χ0n) is 13.3. The third-order valence-corrected chi connectivity index (χ3v) is 3.58. The molecule has 4 heteroatoms. The highest BCUT2D eigenvalue weighted by Gasteiger charge is 2.16. The zero-order valence-corrected chi connectivity index (χ0v) is 13.3. The van der Waals surface area contributed by atoms with Crippen LogP contribution in [0.2, 0.25) is 0 Å². The second-order valence-corrected chi connectivity index (χ2v) is 5.25. The fourth-order valence-electron chi connectivity index (χ4n) is 2.19. The summed E-state index contributed by atoms with van der Waals surface area (Å²) in [6, 6.07) is 8.67. The van der Waals surface area contributed by atoms with E-state index in [2.05, 4.69) is 41.4 Å². The van der Waals surface area contributed by atoms with Crippen LogP contribution in [-0.4, -0.2) is 49.6 Å². The van der Waals surface area contributed by atoms with E-state index in [1.54, 1.807) is 4.90 Å². The third kappa shape index (κ3) is 4.53. The fourth-order valence-corrected chi connectivity index (χ4v) is 2.19. The van der Waals surface area contributed by atoms with Gasteiger partial charge in [0, 0.05) is 19.6 Å². The first-order valence-electron chi connectivity index (χ1n) is 7.25. The molecule has 1 rings (SSSR count). The van der Waals surface area contributed by atoms with Crippen LogP contribution in [0.3, 0.4) is 0 Å². The highest BCUT2D eigenvalue weighted by atomic mass is 16.2. The molecule has 1 N–H and O–H groups in total. The second kappa shape index (κ2) is 7.90. The number of rotatable bonds is 6. The van der Waals surface area contributed by atoms with Gasteiger partial charge in [0.1, 0.15) is 0 Å². The maximum atomic E-state index is 12.0. The Morgan fingerprint density at radius 3 is 2.15 bits per heavy atom. The molecule has 2 amide bonds. The van der Waals surface area contributed by atoms with Crippen molar-refractivity contribution in [3.63, 3.8) is 0 Å².